The molecule has 4 rings (SSSR count). The Morgan fingerprint density at radius 2 is 1.93 bits per heavy atom. The van der Waals surface area contributed by atoms with Crippen molar-refractivity contribution in [3.63, 3.8) is 0 Å². The summed E-state index contributed by atoms with van der Waals surface area (Å²) >= 11 is 0. The van der Waals surface area contributed by atoms with Gasteiger partial charge in [-0.05, 0) is 30.2 Å². The van der Waals surface area contributed by atoms with Gasteiger partial charge in [-0.15, -0.1) is 0 Å². The Balaban J connectivity index is 1.67. The number of ether oxygens (including phenoxy) is 2. The Morgan fingerprint density at radius 3 is 2.71 bits per heavy atom. The molecule has 0 spiro atoms. The first-order chi connectivity index (χ1) is 13.5. The van der Waals surface area contributed by atoms with Gasteiger partial charge >= 0.3 is 5.97 Å². The lowest BCUT2D eigenvalue weighted by Gasteiger charge is -2.22. The fourth-order valence-corrected chi connectivity index (χ4v) is 3.51. The van der Waals surface area contributed by atoms with Crippen LogP contribution in [0.25, 0.3) is 0 Å². The number of rotatable bonds is 5. The Hall–Kier alpha value is -3.35. The average molecular weight is 380 g/mol. The van der Waals surface area contributed by atoms with Gasteiger partial charge in [0.05, 0.1) is 18.2 Å². The van der Waals surface area contributed by atoms with Gasteiger partial charge in [0.15, 0.2) is 11.5 Å². The van der Waals surface area contributed by atoms with E-state index in [4.69, 9.17) is 14.6 Å². The van der Waals surface area contributed by atoms with Gasteiger partial charge < -0.3 is 14.6 Å². The third-order valence-corrected chi connectivity index (χ3v) is 4.96. The molecule has 2 aliphatic heterocycles. The summed E-state index contributed by atoms with van der Waals surface area (Å²) in [5.41, 5.74) is 3.75. The van der Waals surface area contributed by atoms with Crippen LogP contribution in [-0.4, -0.2) is 34.5 Å². The Kier molecular flexibility index (Phi) is 4.73. The van der Waals surface area contributed by atoms with Gasteiger partial charge in [0, 0.05) is 18.4 Å². The minimum Gasteiger partial charge on any atom is -0.481 e. The molecule has 1 N–H and O–H groups in total. The molecule has 0 aromatic heterocycles. The highest BCUT2D eigenvalue weighted by Gasteiger charge is 2.34. The normalized spacial score (nSPS) is 17.5. The fourth-order valence-electron chi connectivity index (χ4n) is 3.51. The third-order valence-electron chi connectivity index (χ3n) is 4.96. The number of hydrogen-bond acceptors (Lipinski definition) is 5. The van der Waals surface area contributed by atoms with Crippen LogP contribution in [0.3, 0.4) is 0 Å². The van der Waals surface area contributed by atoms with Gasteiger partial charge in [0.2, 0.25) is 12.7 Å². The largest absolute Gasteiger partial charge is 0.481 e. The monoisotopic (exact) mass is 380 g/mol. The highest BCUT2D eigenvalue weighted by Crippen LogP contribution is 2.39. The molecule has 0 fully saturated rings. The van der Waals surface area contributed by atoms with Crippen molar-refractivity contribution in [3.05, 3.63) is 59.2 Å². The minimum atomic E-state index is -1.00. The second-order valence-corrected chi connectivity index (χ2v) is 6.83. The van der Waals surface area contributed by atoms with Gasteiger partial charge in [-0.2, -0.15) is 5.10 Å². The smallest absolute Gasteiger partial charge is 0.303 e. The molecule has 144 valence electrons. The molecule has 0 bridgehead atoms. The molecule has 0 saturated heterocycles. The molecule has 2 heterocycles. The second-order valence-electron chi connectivity index (χ2n) is 6.83. The van der Waals surface area contributed by atoms with E-state index in [2.05, 4.69) is 5.10 Å². The summed E-state index contributed by atoms with van der Waals surface area (Å²) in [6.07, 6.45) is 0.225. The number of benzene rings is 2. The quantitative estimate of drug-likeness (QED) is 0.860. The van der Waals surface area contributed by atoms with Crippen molar-refractivity contribution in [3.8, 4) is 11.5 Å². The maximum Gasteiger partial charge on any atom is 0.303 e. The molecule has 0 unspecified atom stereocenters. The van der Waals surface area contributed by atoms with Crippen LogP contribution in [0.1, 0.15) is 42.0 Å². The zero-order valence-electron chi connectivity index (χ0n) is 15.4. The number of aliphatic carboxylic acids is 1. The first kappa shape index (κ1) is 18.0. The molecule has 7 nitrogen and oxygen atoms in total. The van der Waals surface area contributed by atoms with Crippen LogP contribution in [0.4, 0.5) is 0 Å². The number of hydrogen-bond donors (Lipinski definition) is 1. The van der Waals surface area contributed by atoms with Crippen molar-refractivity contribution in [1.29, 1.82) is 0 Å². The molecular weight excluding hydrogens is 360 g/mol. The van der Waals surface area contributed by atoms with Crippen molar-refractivity contribution in [1.82, 2.24) is 5.01 Å². The molecular formula is C21H20N2O5. The summed E-state index contributed by atoms with van der Waals surface area (Å²) in [6, 6.07) is 13.1. The molecule has 0 saturated carbocycles. The van der Waals surface area contributed by atoms with Gasteiger partial charge in [0.25, 0.3) is 0 Å². The standard InChI is InChI=1S/C21H20N2O5/c1-13-4-2-3-5-15(13)16-11-17(23(22-16)20(24)8-9-21(25)26)14-6-7-18-19(10-14)28-12-27-18/h2-7,10,17H,8-9,11-12H2,1H3,(H,25,26)/t17-/m1/s1. The number of hydrazone groups is 1. The molecule has 7 heteroatoms. The predicted octanol–water partition coefficient (Wildman–Crippen LogP) is 3.27. The van der Waals surface area contributed by atoms with Crippen molar-refractivity contribution < 1.29 is 24.2 Å². The van der Waals surface area contributed by atoms with E-state index >= 15 is 0 Å². The van der Waals surface area contributed by atoms with Crippen LogP contribution in [-0.2, 0) is 9.59 Å². The number of carboxylic acid groups (broad SMARTS) is 1. The number of aryl methyl sites for hydroxylation is 1. The Labute approximate surface area is 162 Å². The SMILES string of the molecule is Cc1ccccc1C1=NN(C(=O)CCC(=O)O)[C@@H](c2ccc3c(c2)OCO3)C1. The highest BCUT2D eigenvalue weighted by molar-refractivity contribution is 6.04. The topological polar surface area (TPSA) is 88.4 Å². The number of carbonyl (C=O) groups is 2. The van der Waals surface area contributed by atoms with Crippen LogP contribution in [0.5, 0.6) is 11.5 Å². The summed E-state index contributed by atoms with van der Waals surface area (Å²) in [7, 11) is 0. The molecule has 0 radical (unpaired) electrons. The molecule has 2 aromatic rings. The van der Waals surface area contributed by atoms with E-state index < -0.39 is 5.97 Å². The predicted molar refractivity (Wildman–Crippen MR) is 101 cm³/mol. The minimum absolute atomic E-state index is 0.0963. The highest BCUT2D eigenvalue weighted by atomic mass is 16.7. The van der Waals surface area contributed by atoms with E-state index in [0.717, 1.165) is 22.4 Å². The summed E-state index contributed by atoms with van der Waals surface area (Å²) in [4.78, 5) is 23.6. The zero-order valence-corrected chi connectivity index (χ0v) is 15.4. The third kappa shape index (κ3) is 3.43. The summed E-state index contributed by atoms with van der Waals surface area (Å²) in [6.45, 7) is 2.18. The number of amides is 1. The van der Waals surface area contributed by atoms with Gasteiger partial charge in [-0.3, -0.25) is 9.59 Å². The van der Waals surface area contributed by atoms with Crippen molar-refractivity contribution >= 4 is 17.6 Å². The Bertz CT molecular complexity index is 969. The summed E-state index contributed by atoms with van der Waals surface area (Å²) in [5, 5.41) is 14.9. The van der Waals surface area contributed by atoms with Gasteiger partial charge in [-0.1, -0.05) is 30.3 Å². The fraction of sp³-hybridized carbons (Fsp3) is 0.286. The lowest BCUT2D eigenvalue weighted by Crippen LogP contribution is -2.27. The van der Waals surface area contributed by atoms with Crippen molar-refractivity contribution in [2.24, 2.45) is 5.10 Å². The van der Waals surface area contributed by atoms with Crippen molar-refractivity contribution in [2.75, 3.05) is 6.79 Å². The number of carboxylic acids is 1. The van der Waals surface area contributed by atoms with Crippen LogP contribution in [0.15, 0.2) is 47.6 Å². The maximum absolute atomic E-state index is 12.7. The summed E-state index contributed by atoms with van der Waals surface area (Å²) < 4.78 is 10.8. The van der Waals surface area contributed by atoms with E-state index in [1.807, 2.05) is 49.4 Å². The van der Waals surface area contributed by atoms with E-state index in [9.17, 15) is 9.59 Å². The molecule has 2 aromatic carbocycles. The number of carbonyl (C=O) groups excluding carboxylic acids is 1. The van der Waals surface area contributed by atoms with Crippen LogP contribution < -0.4 is 9.47 Å². The van der Waals surface area contributed by atoms with Gasteiger partial charge in [0.1, 0.15) is 0 Å². The van der Waals surface area contributed by atoms with Crippen LogP contribution >= 0.6 is 0 Å². The first-order valence-corrected chi connectivity index (χ1v) is 9.10. The van der Waals surface area contributed by atoms with Crippen molar-refractivity contribution in [2.45, 2.75) is 32.2 Å². The first-order valence-electron chi connectivity index (χ1n) is 9.10. The lowest BCUT2D eigenvalue weighted by molar-refractivity contribution is -0.141. The molecule has 2 aliphatic rings. The average Bonchev–Trinajstić information content (AvgIpc) is 3.32. The maximum atomic E-state index is 12.7. The second kappa shape index (κ2) is 7.34. The van der Waals surface area contributed by atoms with Gasteiger partial charge in [-0.25, -0.2) is 5.01 Å². The molecule has 0 aliphatic carbocycles. The van der Waals surface area contributed by atoms with E-state index in [-0.39, 0.29) is 31.6 Å². The zero-order chi connectivity index (χ0) is 19.7. The molecule has 1 amide bonds. The summed E-state index contributed by atoms with van der Waals surface area (Å²) in [5.74, 6) is -0.00532. The molecule has 28 heavy (non-hydrogen) atoms. The van der Waals surface area contributed by atoms with Crippen LogP contribution in [0.2, 0.25) is 0 Å². The number of fused-ring (bicyclic) bond motifs is 1. The van der Waals surface area contributed by atoms with E-state index in [0.29, 0.717) is 17.9 Å². The number of nitrogens with zero attached hydrogens (tertiary/aromatic N) is 2. The van der Waals surface area contributed by atoms with Crippen LogP contribution in [0, 0.1) is 6.92 Å². The Morgan fingerprint density at radius 1 is 1.14 bits per heavy atom. The lowest BCUT2D eigenvalue weighted by atomic mass is 9.96. The van der Waals surface area contributed by atoms with E-state index in [1.165, 1.54) is 5.01 Å². The van der Waals surface area contributed by atoms with E-state index in [1.54, 1.807) is 0 Å². The molecule has 1 atom stereocenters.